The second kappa shape index (κ2) is 6.35. The van der Waals surface area contributed by atoms with Crippen LogP contribution in [0.15, 0.2) is 0 Å². The molecule has 84 valence electrons. The maximum absolute atomic E-state index is 5.59. The maximum Gasteiger partial charge on any atom is 0.0820 e. The molecule has 4 heteroatoms. The van der Waals surface area contributed by atoms with E-state index in [1.54, 1.807) is 7.11 Å². The van der Waals surface area contributed by atoms with Gasteiger partial charge in [-0.15, -0.1) is 0 Å². The lowest BCUT2D eigenvalue weighted by Gasteiger charge is -2.25. The second-order valence-electron chi connectivity index (χ2n) is 3.89. The molecule has 2 unspecified atom stereocenters. The highest BCUT2D eigenvalue weighted by Crippen LogP contribution is 2.06. The molecule has 0 bridgehead atoms. The zero-order valence-corrected chi connectivity index (χ0v) is 9.24. The number of nitrogens with two attached hydrogens (primary N) is 1. The van der Waals surface area contributed by atoms with Gasteiger partial charge in [-0.3, -0.25) is 4.90 Å². The van der Waals surface area contributed by atoms with E-state index in [4.69, 9.17) is 15.2 Å². The highest BCUT2D eigenvalue weighted by molar-refractivity contribution is 4.71. The molecule has 0 aromatic rings. The van der Waals surface area contributed by atoms with Crippen LogP contribution < -0.4 is 5.73 Å². The molecule has 0 saturated carbocycles. The summed E-state index contributed by atoms with van der Waals surface area (Å²) in [6, 6.07) is 0. The highest BCUT2D eigenvalue weighted by atomic mass is 16.5. The monoisotopic (exact) mass is 202 g/mol. The maximum atomic E-state index is 5.59. The summed E-state index contributed by atoms with van der Waals surface area (Å²) in [5.74, 6) is 0. The Kier molecular flexibility index (Phi) is 5.40. The van der Waals surface area contributed by atoms with Crippen LogP contribution in [0.5, 0.6) is 0 Å². The average molecular weight is 202 g/mol. The van der Waals surface area contributed by atoms with Crippen LogP contribution in [-0.4, -0.2) is 57.0 Å². The lowest BCUT2D eigenvalue weighted by atomic mass is 10.3. The molecule has 1 saturated heterocycles. The quantitative estimate of drug-likeness (QED) is 0.701. The van der Waals surface area contributed by atoms with Crippen molar-refractivity contribution in [1.82, 2.24) is 4.90 Å². The number of nitrogens with zero attached hydrogens (tertiary/aromatic N) is 1. The van der Waals surface area contributed by atoms with Gasteiger partial charge in [-0.1, -0.05) is 0 Å². The number of hydrogen-bond donors (Lipinski definition) is 1. The molecule has 1 aliphatic heterocycles. The lowest BCUT2D eigenvalue weighted by molar-refractivity contribution is 0.0448. The first kappa shape index (κ1) is 11.9. The van der Waals surface area contributed by atoms with E-state index in [-0.39, 0.29) is 6.10 Å². The molecular formula is C10H22N2O2. The van der Waals surface area contributed by atoms with Crippen molar-refractivity contribution in [1.29, 1.82) is 0 Å². The van der Waals surface area contributed by atoms with Crippen LogP contribution in [0.4, 0.5) is 0 Å². The summed E-state index contributed by atoms with van der Waals surface area (Å²) in [4.78, 5) is 2.37. The van der Waals surface area contributed by atoms with Crippen molar-refractivity contribution in [3.63, 3.8) is 0 Å². The van der Waals surface area contributed by atoms with Gasteiger partial charge in [0, 0.05) is 39.9 Å². The Morgan fingerprint density at radius 3 is 3.07 bits per heavy atom. The molecule has 0 aliphatic carbocycles. The first-order valence-electron chi connectivity index (χ1n) is 5.33. The Hall–Kier alpha value is -0.160. The summed E-state index contributed by atoms with van der Waals surface area (Å²) in [6.07, 6.45) is 1.58. The van der Waals surface area contributed by atoms with E-state index in [9.17, 15) is 0 Å². The molecule has 0 aromatic carbocycles. The minimum Gasteiger partial charge on any atom is -0.379 e. The normalized spacial score (nSPS) is 27.2. The zero-order valence-electron chi connectivity index (χ0n) is 9.24. The number of rotatable bonds is 4. The molecule has 1 aliphatic rings. The Morgan fingerprint density at radius 2 is 2.43 bits per heavy atom. The van der Waals surface area contributed by atoms with E-state index < -0.39 is 0 Å². The van der Waals surface area contributed by atoms with E-state index in [0.717, 1.165) is 32.7 Å². The van der Waals surface area contributed by atoms with E-state index in [1.807, 2.05) is 0 Å². The fraction of sp³-hybridized carbons (Fsp3) is 1.00. The third-order valence-electron chi connectivity index (χ3n) is 2.59. The van der Waals surface area contributed by atoms with E-state index in [1.165, 1.54) is 0 Å². The van der Waals surface area contributed by atoms with Crippen LogP contribution in [-0.2, 0) is 9.47 Å². The van der Waals surface area contributed by atoms with Crippen LogP contribution in [0.3, 0.4) is 0 Å². The zero-order chi connectivity index (χ0) is 10.4. The highest BCUT2D eigenvalue weighted by Gasteiger charge is 2.17. The van der Waals surface area contributed by atoms with Crippen LogP contribution in [0, 0.1) is 0 Å². The molecule has 2 N–H and O–H groups in total. The first-order valence-corrected chi connectivity index (χ1v) is 5.33. The Labute approximate surface area is 86.3 Å². The molecule has 0 radical (unpaired) electrons. The lowest BCUT2D eigenvalue weighted by Crippen LogP contribution is -2.40. The summed E-state index contributed by atoms with van der Waals surface area (Å²) < 4.78 is 10.8. The van der Waals surface area contributed by atoms with Crippen molar-refractivity contribution in [2.75, 3.05) is 39.9 Å². The van der Waals surface area contributed by atoms with Gasteiger partial charge in [-0.25, -0.2) is 0 Å². The third kappa shape index (κ3) is 3.92. The molecule has 1 rings (SSSR count). The predicted octanol–water partition coefficient (Wildman–Crippen LogP) is 0.0709. The summed E-state index contributed by atoms with van der Waals surface area (Å²) in [5, 5.41) is 0. The minimum atomic E-state index is 0.153. The van der Waals surface area contributed by atoms with E-state index in [0.29, 0.717) is 12.6 Å². The Balaban J connectivity index is 2.33. The van der Waals surface area contributed by atoms with Crippen LogP contribution >= 0.6 is 0 Å². The Morgan fingerprint density at radius 1 is 1.64 bits per heavy atom. The van der Waals surface area contributed by atoms with Crippen molar-refractivity contribution in [2.45, 2.75) is 25.6 Å². The molecule has 0 amide bonds. The molecule has 1 fully saturated rings. The van der Waals surface area contributed by atoms with Crippen molar-refractivity contribution in [3.05, 3.63) is 0 Å². The average Bonchev–Trinajstić information content (AvgIpc) is 2.39. The smallest absolute Gasteiger partial charge is 0.0820 e. The molecule has 4 nitrogen and oxygen atoms in total. The number of methoxy groups -OCH3 is 1. The fourth-order valence-corrected chi connectivity index (χ4v) is 1.78. The molecule has 0 spiro atoms. The topological polar surface area (TPSA) is 47.7 Å². The fourth-order valence-electron chi connectivity index (χ4n) is 1.78. The van der Waals surface area contributed by atoms with Crippen molar-refractivity contribution in [2.24, 2.45) is 5.73 Å². The van der Waals surface area contributed by atoms with Crippen LogP contribution in [0.1, 0.15) is 13.3 Å². The van der Waals surface area contributed by atoms with Gasteiger partial charge in [0.05, 0.1) is 12.2 Å². The van der Waals surface area contributed by atoms with Crippen LogP contribution in [0.2, 0.25) is 0 Å². The molecule has 1 heterocycles. The van der Waals surface area contributed by atoms with Gasteiger partial charge >= 0.3 is 0 Å². The second-order valence-corrected chi connectivity index (χ2v) is 3.89. The summed E-state index contributed by atoms with van der Waals surface area (Å²) in [7, 11) is 1.72. The van der Waals surface area contributed by atoms with Gasteiger partial charge < -0.3 is 15.2 Å². The van der Waals surface area contributed by atoms with Crippen molar-refractivity contribution in [3.8, 4) is 0 Å². The molecule has 0 aromatic heterocycles. The summed E-state index contributed by atoms with van der Waals surface area (Å²) >= 11 is 0. The van der Waals surface area contributed by atoms with E-state index >= 15 is 0 Å². The van der Waals surface area contributed by atoms with Gasteiger partial charge in [0.2, 0.25) is 0 Å². The predicted molar refractivity (Wildman–Crippen MR) is 56.3 cm³/mol. The van der Waals surface area contributed by atoms with Gasteiger partial charge in [0.1, 0.15) is 0 Å². The third-order valence-corrected chi connectivity index (χ3v) is 2.59. The largest absolute Gasteiger partial charge is 0.379 e. The first-order chi connectivity index (χ1) is 6.76. The Bertz CT molecular complexity index is 151. The number of ether oxygens (including phenoxy) is 2. The van der Waals surface area contributed by atoms with Crippen molar-refractivity contribution < 1.29 is 9.47 Å². The standard InChI is InChI=1S/C10H22N2O2/c1-9-7-12(4-3-5-14-9)8-10(6-11)13-2/h9-10H,3-8,11H2,1-2H3. The SMILES string of the molecule is COC(CN)CN1CCCOC(C)C1. The van der Waals surface area contributed by atoms with Gasteiger partial charge in [0.25, 0.3) is 0 Å². The molecular weight excluding hydrogens is 180 g/mol. The summed E-state index contributed by atoms with van der Waals surface area (Å²) in [6.45, 7) is 6.56. The van der Waals surface area contributed by atoms with Gasteiger partial charge in [-0.05, 0) is 13.3 Å². The van der Waals surface area contributed by atoms with Gasteiger partial charge in [-0.2, -0.15) is 0 Å². The van der Waals surface area contributed by atoms with Crippen LogP contribution in [0.25, 0.3) is 0 Å². The minimum absolute atomic E-state index is 0.153. The molecule has 14 heavy (non-hydrogen) atoms. The van der Waals surface area contributed by atoms with Crippen molar-refractivity contribution >= 4 is 0 Å². The number of hydrogen-bond acceptors (Lipinski definition) is 4. The van der Waals surface area contributed by atoms with Gasteiger partial charge in [0.15, 0.2) is 0 Å². The molecule has 2 atom stereocenters. The van der Waals surface area contributed by atoms with E-state index in [2.05, 4.69) is 11.8 Å². The summed E-state index contributed by atoms with van der Waals surface area (Å²) in [5.41, 5.74) is 5.59.